The van der Waals surface area contributed by atoms with Crippen LogP contribution in [0.3, 0.4) is 0 Å². The molecule has 0 unspecified atom stereocenters. The number of benzene rings is 1. The van der Waals surface area contributed by atoms with Gasteiger partial charge in [0.15, 0.2) is 0 Å². The van der Waals surface area contributed by atoms with Crippen LogP contribution in [0.25, 0.3) is 0 Å². The molecule has 0 spiro atoms. The number of aromatic nitrogens is 1. The Labute approximate surface area is 135 Å². The van der Waals surface area contributed by atoms with Gasteiger partial charge in [0, 0.05) is 25.3 Å². The fraction of sp³-hybridized carbons (Fsp3) is 0.333. The van der Waals surface area contributed by atoms with Crippen LogP contribution in [0.1, 0.15) is 18.4 Å². The summed E-state index contributed by atoms with van der Waals surface area (Å²) in [5.41, 5.74) is 0.433. The summed E-state index contributed by atoms with van der Waals surface area (Å²) < 4.78 is 13.6. The van der Waals surface area contributed by atoms with Gasteiger partial charge in [0.2, 0.25) is 5.91 Å². The number of halogens is 1. The van der Waals surface area contributed by atoms with Crippen molar-refractivity contribution in [2.24, 2.45) is 0 Å². The van der Waals surface area contributed by atoms with E-state index >= 15 is 0 Å². The number of carbonyl (C=O) groups is 1. The normalized spacial score (nSPS) is 17.8. The maximum atomic E-state index is 13.6. The highest BCUT2D eigenvalue weighted by molar-refractivity contribution is 5.79. The molecule has 0 bridgehead atoms. The first-order valence-electron chi connectivity index (χ1n) is 7.91. The number of hydrogen-bond acceptors (Lipinski definition) is 3. The van der Waals surface area contributed by atoms with E-state index in [1.807, 2.05) is 18.2 Å². The Morgan fingerprint density at radius 3 is 2.87 bits per heavy atom. The summed E-state index contributed by atoms with van der Waals surface area (Å²) in [6.07, 6.45) is 3.79. The fourth-order valence-electron chi connectivity index (χ4n) is 2.94. The van der Waals surface area contributed by atoms with Gasteiger partial charge in [-0.3, -0.25) is 4.79 Å². The molecular formula is C18H20FN3O. The topological polar surface area (TPSA) is 45.2 Å². The molecule has 1 amide bonds. The van der Waals surface area contributed by atoms with Gasteiger partial charge in [-0.1, -0.05) is 24.3 Å². The first-order chi connectivity index (χ1) is 11.2. The molecule has 0 aliphatic carbocycles. The molecule has 1 atom stereocenters. The second-order valence-corrected chi connectivity index (χ2v) is 5.81. The van der Waals surface area contributed by atoms with Crippen LogP contribution >= 0.6 is 0 Å². The van der Waals surface area contributed by atoms with Crippen LogP contribution in [0.4, 0.5) is 10.2 Å². The molecule has 1 fully saturated rings. The molecule has 4 nitrogen and oxygen atoms in total. The molecule has 1 aliphatic rings. The predicted molar refractivity (Wildman–Crippen MR) is 87.7 cm³/mol. The number of anilines is 1. The van der Waals surface area contributed by atoms with Crippen LogP contribution in [-0.2, 0) is 11.2 Å². The first-order valence-corrected chi connectivity index (χ1v) is 7.91. The van der Waals surface area contributed by atoms with E-state index in [0.717, 1.165) is 31.7 Å². The summed E-state index contributed by atoms with van der Waals surface area (Å²) in [6.45, 7) is 1.68. The molecule has 1 aromatic heterocycles. The van der Waals surface area contributed by atoms with E-state index in [-0.39, 0.29) is 24.2 Å². The predicted octanol–water partition coefficient (Wildman–Crippen LogP) is 2.55. The van der Waals surface area contributed by atoms with Gasteiger partial charge in [-0.15, -0.1) is 0 Å². The second-order valence-electron chi connectivity index (χ2n) is 5.81. The number of piperidine rings is 1. The first kappa shape index (κ1) is 15.5. The van der Waals surface area contributed by atoms with Crippen molar-refractivity contribution in [1.29, 1.82) is 0 Å². The molecule has 1 aromatic carbocycles. The lowest BCUT2D eigenvalue weighted by Gasteiger charge is -2.34. The molecule has 1 aliphatic heterocycles. The van der Waals surface area contributed by atoms with Crippen molar-refractivity contribution < 1.29 is 9.18 Å². The largest absolute Gasteiger partial charge is 0.355 e. The molecule has 23 heavy (non-hydrogen) atoms. The average Bonchev–Trinajstić information content (AvgIpc) is 2.58. The highest BCUT2D eigenvalue weighted by Gasteiger charge is 2.22. The third kappa shape index (κ3) is 4.06. The van der Waals surface area contributed by atoms with Gasteiger partial charge in [0.1, 0.15) is 11.6 Å². The van der Waals surface area contributed by atoms with Gasteiger partial charge in [-0.2, -0.15) is 0 Å². The SMILES string of the molecule is O=C(Cc1ccccc1F)N[C@H]1CCCN(c2ccccn2)C1. The van der Waals surface area contributed by atoms with Crippen molar-refractivity contribution in [3.05, 3.63) is 60.0 Å². The Bertz CT molecular complexity index is 662. The minimum absolute atomic E-state index is 0.0741. The van der Waals surface area contributed by atoms with Crippen molar-refractivity contribution in [3.8, 4) is 0 Å². The molecule has 1 N–H and O–H groups in total. The second kappa shape index (κ2) is 7.22. The molecule has 0 radical (unpaired) electrons. The quantitative estimate of drug-likeness (QED) is 0.943. The standard InChI is InChI=1S/C18H20FN3O/c19-16-8-2-1-6-14(16)12-18(23)21-15-7-5-11-22(13-15)17-9-3-4-10-20-17/h1-4,6,8-10,15H,5,7,11-13H2,(H,21,23)/t15-/m0/s1. The average molecular weight is 313 g/mol. The van der Waals surface area contributed by atoms with Gasteiger partial charge >= 0.3 is 0 Å². The minimum Gasteiger partial charge on any atom is -0.355 e. The number of rotatable bonds is 4. The van der Waals surface area contributed by atoms with Gasteiger partial charge in [0.25, 0.3) is 0 Å². The van der Waals surface area contributed by atoms with E-state index in [4.69, 9.17) is 0 Å². The van der Waals surface area contributed by atoms with E-state index in [2.05, 4.69) is 15.2 Å². The molecule has 2 heterocycles. The van der Waals surface area contributed by atoms with Crippen molar-refractivity contribution in [1.82, 2.24) is 10.3 Å². The molecule has 2 aromatic rings. The molecule has 1 saturated heterocycles. The maximum absolute atomic E-state index is 13.6. The van der Waals surface area contributed by atoms with E-state index < -0.39 is 0 Å². The minimum atomic E-state index is -0.332. The lowest BCUT2D eigenvalue weighted by molar-refractivity contribution is -0.121. The summed E-state index contributed by atoms with van der Waals surface area (Å²) in [4.78, 5) is 18.7. The van der Waals surface area contributed by atoms with Crippen molar-refractivity contribution in [2.75, 3.05) is 18.0 Å². The van der Waals surface area contributed by atoms with Gasteiger partial charge in [-0.05, 0) is 36.6 Å². The Hall–Kier alpha value is -2.43. The van der Waals surface area contributed by atoms with Crippen LogP contribution in [0, 0.1) is 5.82 Å². The van der Waals surface area contributed by atoms with E-state index in [1.54, 1.807) is 24.4 Å². The number of amides is 1. The van der Waals surface area contributed by atoms with Gasteiger partial charge in [-0.25, -0.2) is 9.37 Å². The lowest BCUT2D eigenvalue weighted by atomic mass is 10.0. The van der Waals surface area contributed by atoms with Crippen LogP contribution in [-0.4, -0.2) is 30.0 Å². The number of hydrogen-bond donors (Lipinski definition) is 1. The lowest BCUT2D eigenvalue weighted by Crippen LogP contribution is -2.48. The Balaban J connectivity index is 1.57. The van der Waals surface area contributed by atoms with Crippen LogP contribution in [0.15, 0.2) is 48.7 Å². The molecule has 5 heteroatoms. The summed E-state index contributed by atoms with van der Waals surface area (Å²) in [5, 5.41) is 3.02. The van der Waals surface area contributed by atoms with E-state index in [1.165, 1.54) is 6.07 Å². The number of pyridine rings is 1. The number of carbonyl (C=O) groups excluding carboxylic acids is 1. The zero-order chi connectivity index (χ0) is 16.1. The van der Waals surface area contributed by atoms with Crippen molar-refractivity contribution >= 4 is 11.7 Å². The molecular weight excluding hydrogens is 293 g/mol. The summed E-state index contributed by atoms with van der Waals surface area (Å²) in [6, 6.07) is 12.3. The van der Waals surface area contributed by atoms with Crippen LogP contribution < -0.4 is 10.2 Å². The van der Waals surface area contributed by atoms with Gasteiger partial charge < -0.3 is 10.2 Å². The van der Waals surface area contributed by atoms with E-state index in [0.29, 0.717) is 5.56 Å². The van der Waals surface area contributed by atoms with E-state index in [9.17, 15) is 9.18 Å². The zero-order valence-corrected chi connectivity index (χ0v) is 12.9. The highest BCUT2D eigenvalue weighted by Crippen LogP contribution is 2.17. The molecule has 3 rings (SSSR count). The Morgan fingerprint density at radius 1 is 1.26 bits per heavy atom. The smallest absolute Gasteiger partial charge is 0.224 e. The summed E-state index contributed by atoms with van der Waals surface area (Å²) >= 11 is 0. The third-order valence-corrected chi connectivity index (χ3v) is 4.07. The maximum Gasteiger partial charge on any atom is 0.224 e. The molecule has 0 saturated carbocycles. The Morgan fingerprint density at radius 2 is 2.09 bits per heavy atom. The highest BCUT2D eigenvalue weighted by atomic mass is 19.1. The summed E-state index contributed by atoms with van der Waals surface area (Å²) in [7, 11) is 0. The Kier molecular flexibility index (Phi) is 4.86. The third-order valence-electron chi connectivity index (χ3n) is 4.07. The monoisotopic (exact) mass is 313 g/mol. The van der Waals surface area contributed by atoms with Crippen LogP contribution in [0.2, 0.25) is 0 Å². The van der Waals surface area contributed by atoms with Crippen LogP contribution in [0.5, 0.6) is 0 Å². The van der Waals surface area contributed by atoms with Crippen molar-refractivity contribution in [3.63, 3.8) is 0 Å². The fourth-order valence-corrected chi connectivity index (χ4v) is 2.94. The molecule has 120 valence electrons. The zero-order valence-electron chi connectivity index (χ0n) is 12.9. The number of nitrogens with zero attached hydrogens (tertiary/aromatic N) is 2. The van der Waals surface area contributed by atoms with Crippen molar-refractivity contribution in [2.45, 2.75) is 25.3 Å². The van der Waals surface area contributed by atoms with Gasteiger partial charge in [0.05, 0.1) is 6.42 Å². The summed E-state index contributed by atoms with van der Waals surface area (Å²) in [5.74, 6) is 0.463. The number of nitrogens with one attached hydrogen (secondary N) is 1.